The highest BCUT2D eigenvalue weighted by Crippen LogP contribution is 2.30. The molecule has 0 aromatic carbocycles. The molecule has 1 aromatic rings. The second-order valence-electron chi connectivity index (χ2n) is 5.94. The van der Waals surface area contributed by atoms with Gasteiger partial charge in [0.15, 0.2) is 5.84 Å². The van der Waals surface area contributed by atoms with E-state index in [9.17, 15) is 0 Å². The van der Waals surface area contributed by atoms with E-state index in [2.05, 4.69) is 28.9 Å². The molecule has 0 saturated carbocycles. The van der Waals surface area contributed by atoms with Gasteiger partial charge in [-0.25, -0.2) is 4.98 Å². The molecule has 110 valence electrons. The summed E-state index contributed by atoms with van der Waals surface area (Å²) in [4.78, 5) is 6.94. The van der Waals surface area contributed by atoms with Crippen molar-refractivity contribution in [1.82, 2.24) is 4.98 Å². The summed E-state index contributed by atoms with van der Waals surface area (Å²) in [5.74, 6) is 1.72. The number of amidine groups is 1. The molecule has 3 N–H and O–H groups in total. The lowest BCUT2D eigenvalue weighted by molar-refractivity contribution is 0.318. The molecule has 0 spiro atoms. The number of piperidine rings is 1. The third kappa shape index (κ3) is 2.71. The molecule has 0 bridgehead atoms. The van der Waals surface area contributed by atoms with Crippen molar-refractivity contribution in [3.8, 4) is 0 Å². The normalized spacial score (nSPS) is 24.0. The number of anilines is 1. The fourth-order valence-electron chi connectivity index (χ4n) is 3.11. The molecule has 2 heterocycles. The standard InChI is InChI=1S/C15H24N4O/c1-9-5-6-19(12(4)7-9)15-13(14(16)18-20)10(2)8-11(3)17-15/h8-9,12,20H,5-7H2,1-4H3,(H2,16,18). The molecular weight excluding hydrogens is 252 g/mol. The molecule has 1 aliphatic heterocycles. The van der Waals surface area contributed by atoms with E-state index < -0.39 is 0 Å². The Morgan fingerprint density at radius 2 is 2.15 bits per heavy atom. The maximum Gasteiger partial charge on any atom is 0.174 e. The van der Waals surface area contributed by atoms with Crippen LogP contribution in [0.2, 0.25) is 0 Å². The van der Waals surface area contributed by atoms with Crippen molar-refractivity contribution in [1.29, 1.82) is 0 Å². The van der Waals surface area contributed by atoms with Gasteiger partial charge in [0.05, 0.1) is 5.56 Å². The molecule has 0 aliphatic carbocycles. The van der Waals surface area contributed by atoms with Crippen LogP contribution in [-0.2, 0) is 0 Å². The molecule has 2 rings (SSSR count). The minimum Gasteiger partial charge on any atom is -0.409 e. The lowest BCUT2D eigenvalue weighted by Gasteiger charge is -2.38. The fourth-order valence-corrected chi connectivity index (χ4v) is 3.11. The van der Waals surface area contributed by atoms with Gasteiger partial charge in [-0.1, -0.05) is 12.1 Å². The van der Waals surface area contributed by atoms with E-state index in [1.54, 1.807) is 0 Å². The Bertz CT molecular complexity index is 527. The highest BCUT2D eigenvalue weighted by Gasteiger charge is 2.27. The van der Waals surface area contributed by atoms with Gasteiger partial charge in [-0.15, -0.1) is 0 Å². The van der Waals surface area contributed by atoms with Crippen LogP contribution >= 0.6 is 0 Å². The monoisotopic (exact) mass is 276 g/mol. The molecule has 2 unspecified atom stereocenters. The topological polar surface area (TPSA) is 74.7 Å². The average molecular weight is 276 g/mol. The van der Waals surface area contributed by atoms with Gasteiger partial charge in [0.1, 0.15) is 5.82 Å². The van der Waals surface area contributed by atoms with Crippen molar-refractivity contribution < 1.29 is 5.21 Å². The van der Waals surface area contributed by atoms with Crippen LogP contribution in [0.25, 0.3) is 0 Å². The third-order valence-electron chi connectivity index (χ3n) is 4.10. The van der Waals surface area contributed by atoms with Gasteiger partial charge < -0.3 is 15.8 Å². The Balaban J connectivity index is 2.49. The van der Waals surface area contributed by atoms with E-state index >= 15 is 0 Å². The second-order valence-corrected chi connectivity index (χ2v) is 5.94. The minimum atomic E-state index is 0.135. The minimum absolute atomic E-state index is 0.135. The van der Waals surface area contributed by atoms with E-state index in [0.29, 0.717) is 6.04 Å². The van der Waals surface area contributed by atoms with E-state index in [-0.39, 0.29) is 5.84 Å². The first-order chi connectivity index (χ1) is 9.43. The third-order valence-corrected chi connectivity index (χ3v) is 4.10. The Kier molecular flexibility index (Phi) is 4.16. The van der Waals surface area contributed by atoms with E-state index in [1.165, 1.54) is 0 Å². The average Bonchev–Trinajstić information content (AvgIpc) is 2.37. The van der Waals surface area contributed by atoms with E-state index in [4.69, 9.17) is 10.9 Å². The summed E-state index contributed by atoms with van der Waals surface area (Å²) in [7, 11) is 0. The molecule has 0 amide bonds. The Morgan fingerprint density at radius 3 is 2.75 bits per heavy atom. The zero-order valence-electron chi connectivity index (χ0n) is 12.7. The van der Waals surface area contributed by atoms with E-state index in [0.717, 1.165) is 47.9 Å². The van der Waals surface area contributed by atoms with Crippen LogP contribution in [0.4, 0.5) is 5.82 Å². The molecule has 5 heteroatoms. The number of hydrogen-bond donors (Lipinski definition) is 2. The molecular formula is C15H24N4O. The van der Waals surface area contributed by atoms with Crippen LogP contribution in [-0.4, -0.2) is 28.6 Å². The molecule has 1 saturated heterocycles. The van der Waals surface area contributed by atoms with Gasteiger partial charge in [-0.05, 0) is 51.2 Å². The quantitative estimate of drug-likeness (QED) is 0.376. The summed E-state index contributed by atoms with van der Waals surface area (Å²) in [6.45, 7) is 9.41. The Morgan fingerprint density at radius 1 is 1.45 bits per heavy atom. The molecule has 0 radical (unpaired) electrons. The number of pyridine rings is 1. The number of nitrogens with two attached hydrogens (primary N) is 1. The van der Waals surface area contributed by atoms with Gasteiger partial charge in [-0.2, -0.15) is 0 Å². The van der Waals surface area contributed by atoms with Crippen molar-refractivity contribution in [3.63, 3.8) is 0 Å². The fraction of sp³-hybridized carbons (Fsp3) is 0.600. The summed E-state index contributed by atoms with van der Waals surface area (Å²) in [5, 5.41) is 12.2. The number of aryl methyl sites for hydroxylation is 2. The van der Waals surface area contributed by atoms with Crippen LogP contribution in [0.3, 0.4) is 0 Å². The smallest absolute Gasteiger partial charge is 0.174 e. The van der Waals surface area contributed by atoms with Crippen LogP contribution in [0.1, 0.15) is 43.5 Å². The zero-order valence-corrected chi connectivity index (χ0v) is 12.7. The maximum absolute atomic E-state index is 9.03. The Hall–Kier alpha value is -1.78. The highest BCUT2D eigenvalue weighted by molar-refractivity contribution is 6.02. The first-order valence-corrected chi connectivity index (χ1v) is 7.16. The largest absolute Gasteiger partial charge is 0.409 e. The number of hydrogen-bond acceptors (Lipinski definition) is 4. The maximum atomic E-state index is 9.03. The number of rotatable bonds is 2. The van der Waals surface area contributed by atoms with E-state index in [1.807, 2.05) is 19.9 Å². The van der Waals surface area contributed by atoms with Crippen LogP contribution in [0.15, 0.2) is 11.2 Å². The molecule has 5 nitrogen and oxygen atoms in total. The summed E-state index contributed by atoms with van der Waals surface area (Å²) >= 11 is 0. The van der Waals surface area contributed by atoms with Crippen molar-refractivity contribution in [2.75, 3.05) is 11.4 Å². The number of aromatic nitrogens is 1. The molecule has 1 fully saturated rings. The highest BCUT2D eigenvalue weighted by atomic mass is 16.4. The summed E-state index contributed by atoms with van der Waals surface area (Å²) in [6, 6.07) is 2.38. The summed E-state index contributed by atoms with van der Waals surface area (Å²) in [5.41, 5.74) is 8.56. The van der Waals surface area contributed by atoms with Crippen LogP contribution < -0.4 is 10.6 Å². The molecule has 2 atom stereocenters. The van der Waals surface area contributed by atoms with Crippen LogP contribution in [0, 0.1) is 19.8 Å². The summed E-state index contributed by atoms with van der Waals surface area (Å²) in [6.07, 6.45) is 2.29. The predicted octanol–water partition coefficient (Wildman–Crippen LogP) is 2.42. The lowest BCUT2D eigenvalue weighted by Crippen LogP contribution is -2.42. The van der Waals surface area contributed by atoms with Crippen molar-refractivity contribution in [3.05, 3.63) is 22.9 Å². The SMILES string of the molecule is Cc1cc(C)c(C(N)=NO)c(N2CCC(C)CC2C)n1. The lowest BCUT2D eigenvalue weighted by atomic mass is 9.92. The van der Waals surface area contributed by atoms with Crippen molar-refractivity contribution >= 4 is 11.7 Å². The molecule has 1 aliphatic rings. The number of oxime groups is 1. The van der Waals surface area contributed by atoms with Gasteiger partial charge >= 0.3 is 0 Å². The molecule has 20 heavy (non-hydrogen) atoms. The first-order valence-electron chi connectivity index (χ1n) is 7.16. The number of nitrogens with zero attached hydrogens (tertiary/aromatic N) is 3. The Labute approximate surface area is 120 Å². The van der Waals surface area contributed by atoms with Crippen molar-refractivity contribution in [2.45, 2.75) is 46.6 Å². The van der Waals surface area contributed by atoms with Gasteiger partial charge in [0.2, 0.25) is 0 Å². The molecule has 1 aromatic heterocycles. The first kappa shape index (κ1) is 14.6. The van der Waals surface area contributed by atoms with Crippen molar-refractivity contribution in [2.24, 2.45) is 16.8 Å². The van der Waals surface area contributed by atoms with Gasteiger partial charge in [0.25, 0.3) is 0 Å². The predicted molar refractivity (Wildman–Crippen MR) is 81.4 cm³/mol. The van der Waals surface area contributed by atoms with Gasteiger partial charge in [0, 0.05) is 18.3 Å². The van der Waals surface area contributed by atoms with Crippen LogP contribution in [0.5, 0.6) is 0 Å². The zero-order chi connectivity index (χ0) is 14.9. The second kappa shape index (κ2) is 5.69. The summed E-state index contributed by atoms with van der Waals surface area (Å²) < 4.78 is 0. The van der Waals surface area contributed by atoms with Gasteiger partial charge in [-0.3, -0.25) is 0 Å².